The molecule has 1 heterocycles. The zero-order chi connectivity index (χ0) is 10.3. The summed E-state index contributed by atoms with van der Waals surface area (Å²) < 4.78 is 2.26. The van der Waals surface area contributed by atoms with Crippen LogP contribution >= 0.6 is 0 Å². The fourth-order valence-electron chi connectivity index (χ4n) is 2.18. The van der Waals surface area contributed by atoms with Crippen LogP contribution in [0.25, 0.3) is 0 Å². The maximum Gasteiger partial charge on any atom is 0.0957 e. The van der Waals surface area contributed by atoms with Gasteiger partial charge in [0, 0.05) is 12.2 Å². The van der Waals surface area contributed by atoms with Gasteiger partial charge in [-0.3, -0.25) is 0 Å². The average molecular weight is 193 g/mol. The van der Waals surface area contributed by atoms with Crippen LogP contribution in [0, 0.1) is 19.8 Å². The second-order valence-corrected chi connectivity index (χ2v) is 4.62. The Bertz CT molecular complexity index is 338. The van der Waals surface area contributed by atoms with E-state index in [2.05, 4.69) is 30.3 Å². The Kier molecular flexibility index (Phi) is 2.14. The largest absolute Gasteiger partial charge is 0.328 e. The van der Waals surface area contributed by atoms with Gasteiger partial charge in [-0.05, 0) is 39.5 Å². The van der Waals surface area contributed by atoms with Crippen molar-refractivity contribution in [2.75, 3.05) is 6.54 Å². The molecule has 1 unspecified atom stereocenters. The highest BCUT2D eigenvalue weighted by Gasteiger charge is 2.42. The summed E-state index contributed by atoms with van der Waals surface area (Å²) in [5, 5.41) is 0. The van der Waals surface area contributed by atoms with Crippen LogP contribution in [0.5, 0.6) is 0 Å². The lowest BCUT2D eigenvalue weighted by Gasteiger charge is -2.31. The van der Waals surface area contributed by atoms with Gasteiger partial charge in [0.15, 0.2) is 0 Å². The van der Waals surface area contributed by atoms with Crippen LogP contribution in [0.4, 0.5) is 0 Å². The van der Waals surface area contributed by atoms with Crippen LogP contribution < -0.4 is 5.73 Å². The normalized spacial score (nSPS) is 20.9. The van der Waals surface area contributed by atoms with Gasteiger partial charge in [-0.25, -0.2) is 4.98 Å². The highest BCUT2D eigenvalue weighted by atomic mass is 15.1. The average Bonchev–Trinajstić information content (AvgIpc) is 2.96. The van der Waals surface area contributed by atoms with E-state index in [-0.39, 0.29) is 5.54 Å². The smallest absolute Gasteiger partial charge is 0.0957 e. The van der Waals surface area contributed by atoms with Gasteiger partial charge in [0.05, 0.1) is 17.6 Å². The van der Waals surface area contributed by atoms with Crippen LogP contribution in [0.15, 0.2) is 6.33 Å². The molecule has 3 nitrogen and oxygen atoms in total. The van der Waals surface area contributed by atoms with Crippen molar-refractivity contribution in [2.24, 2.45) is 11.7 Å². The summed E-state index contributed by atoms with van der Waals surface area (Å²) in [5.74, 6) is 0.750. The van der Waals surface area contributed by atoms with E-state index in [1.54, 1.807) is 0 Å². The molecule has 1 aromatic heterocycles. The number of nitrogens with two attached hydrogens (primary N) is 1. The van der Waals surface area contributed by atoms with Crippen molar-refractivity contribution in [1.82, 2.24) is 9.55 Å². The van der Waals surface area contributed by atoms with Gasteiger partial charge in [0.1, 0.15) is 0 Å². The van der Waals surface area contributed by atoms with Gasteiger partial charge in [-0.1, -0.05) is 0 Å². The fraction of sp³-hybridized carbons (Fsp3) is 0.727. The van der Waals surface area contributed by atoms with Crippen molar-refractivity contribution in [1.29, 1.82) is 0 Å². The lowest BCUT2D eigenvalue weighted by molar-refractivity contribution is 0.276. The van der Waals surface area contributed by atoms with Crippen molar-refractivity contribution in [3.8, 4) is 0 Å². The zero-order valence-corrected chi connectivity index (χ0v) is 9.25. The third kappa shape index (κ3) is 1.27. The van der Waals surface area contributed by atoms with Crippen molar-refractivity contribution in [2.45, 2.75) is 39.2 Å². The first-order valence-corrected chi connectivity index (χ1v) is 5.30. The summed E-state index contributed by atoms with van der Waals surface area (Å²) in [5.41, 5.74) is 8.37. The van der Waals surface area contributed by atoms with E-state index < -0.39 is 0 Å². The predicted octanol–water partition coefficient (Wildman–Crippen LogP) is 1.58. The summed E-state index contributed by atoms with van der Waals surface area (Å²) in [7, 11) is 0. The van der Waals surface area contributed by atoms with Gasteiger partial charge < -0.3 is 10.3 Å². The van der Waals surface area contributed by atoms with Crippen LogP contribution in [-0.2, 0) is 5.54 Å². The molecule has 1 atom stereocenters. The molecule has 1 aromatic rings. The number of hydrogen-bond donors (Lipinski definition) is 1. The van der Waals surface area contributed by atoms with Crippen molar-refractivity contribution >= 4 is 0 Å². The molecule has 0 spiro atoms. The number of nitrogens with zero attached hydrogens (tertiary/aromatic N) is 2. The molecule has 0 radical (unpaired) electrons. The first kappa shape index (κ1) is 9.71. The molecule has 1 aliphatic rings. The number of aryl methyl sites for hydroxylation is 1. The molecule has 2 N–H and O–H groups in total. The summed E-state index contributed by atoms with van der Waals surface area (Å²) in [6.45, 7) is 7.13. The van der Waals surface area contributed by atoms with Crippen molar-refractivity contribution in [3.05, 3.63) is 17.7 Å². The number of hydrogen-bond acceptors (Lipinski definition) is 2. The van der Waals surface area contributed by atoms with Gasteiger partial charge in [0.2, 0.25) is 0 Å². The third-order valence-electron chi connectivity index (χ3n) is 3.67. The maximum absolute atomic E-state index is 5.91. The second kappa shape index (κ2) is 3.09. The number of rotatable bonds is 3. The molecule has 0 bridgehead atoms. The van der Waals surface area contributed by atoms with E-state index in [9.17, 15) is 0 Å². The Morgan fingerprint density at radius 2 is 2.21 bits per heavy atom. The van der Waals surface area contributed by atoms with Gasteiger partial charge in [0.25, 0.3) is 0 Å². The number of imidazole rings is 1. The Labute approximate surface area is 85.3 Å². The van der Waals surface area contributed by atoms with E-state index in [1.807, 2.05) is 6.33 Å². The zero-order valence-electron chi connectivity index (χ0n) is 9.25. The first-order valence-electron chi connectivity index (χ1n) is 5.30. The van der Waals surface area contributed by atoms with Crippen molar-refractivity contribution < 1.29 is 0 Å². The van der Waals surface area contributed by atoms with E-state index >= 15 is 0 Å². The third-order valence-corrected chi connectivity index (χ3v) is 3.67. The molecule has 78 valence electrons. The summed E-state index contributed by atoms with van der Waals surface area (Å²) in [6, 6.07) is 0. The van der Waals surface area contributed by atoms with Crippen LogP contribution in [0.3, 0.4) is 0 Å². The Morgan fingerprint density at radius 1 is 1.57 bits per heavy atom. The van der Waals surface area contributed by atoms with Crippen molar-refractivity contribution in [3.63, 3.8) is 0 Å². The van der Waals surface area contributed by atoms with Gasteiger partial charge in [-0.15, -0.1) is 0 Å². The molecule has 0 aliphatic heterocycles. The van der Waals surface area contributed by atoms with Gasteiger partial charge in [-0.2, -0.15) is 0 Å². The summed E-state index contributed by atoms with van der Waals surface area (Å²) >= 11 is 0. The minimum Gasteiger partial charge on any atom is -0.328 e. The fourth-order valence-corrected chi connectivity index (χ4v) is 2.18. The van der Waals surface area contributed by atoms with Gasteiger partial charge >= 0.3 is 0 Å². The summed E-state index contributed by atoms with van der Waals surface area (Å²) in [4.78, 5) is 4.35. The Balaban J connectivity index is 2.40. The molecule has 2 rings (SSSR count). The second-order valence-electron chi connectivity index (χ2n) is 4.62. The highest BCUT2D eigenvalue weighted by Crippen LogP contribution is 2.44. The van der Waals surface area contributed by atoms with E-state index in [4.69, 9.17) is 5.73 Å². The minimum absolute atomic E-state index is 0.0886. The van der Waals surface area contributed by atoms with E-state index in [1.165, 1.54) is 18.5 Å². The molecule has 0 aromatic carbocycles. The van der Waals surface area contributed by atoms with Crippen LogP contribution in [-0.4, -0.2) is 16.1 Å². The van der Waals surface area contributed by atoms with Crippen LogP contribution in [0.2, 0.25) is 0 Å². The molecule has 1 aliphatic carbocycles. The Morgan fingerprint density at radius 3 is 2.57 bits per heavy atom. The molecule has 0 amide bonds. The maximum atomic E-state index is 5.91. The highest BCUT2D eigenvalue weighted by molar-refractivity contribution is 5.14. The quantitative estimate of drug-likeness (QED) is 0.792. The summed E-state index contributed by atoms with van der Waals surface area (Å²) in [6.07, 6.45) is 4.56. The van der Waals surface area contributed by atoms with E-state index in [0.717, 1.165) is 11.6 Å². The predicted molar refractivity (Wildman–Crippen MR) is 57.1 cm³/mol. The lowest BCUT2D eigenvalue weighted by atomic mass is 9.95. The Hall–Kier alpha value is -0.830. The van der Waals surface area contributed by atoms with Crippen LogP contribution in [0.1, 0.15) is 31.2 Å². The number of aromatic nitrogens is 2. The lowest BCUT2D eigenvalue weighted by Crippen LogP contribution is -2.40. The molecular weight excluding hydrogens is 174 g/mol. The molecule has 1 fully saturated rings. The first-order chi connectivity index (χ1) is 6.59. The van der Waals surface area contributed by atoms with E-state index in [0.29, 0.717) is 6.54 Å². The monoisotopic (exact) mass is 193 g/mol. The molecule has 0 saturated heterocycles. The molecule has 3 heteroatoms. The molecule has 1 saturated carbocycles. The standard InChI is InChI=1S/C11H19N3/c1-8-9(2)14(7-13-8)11(3,6-12)10-4-5-10/h7,10H,4-6,12H2,1-3H3. The topological polar surface area (TPSA) is 43.8 Å². The SMILES string of the molecule is Cc1ncn(C(C)(CN)C2CC2)c1C. The molecular formula is C11H19N3. The minimum atomic E-state index is 0.0886. The molecule has 14 heavy (non-hydrogen) atoms.